The van der Waals surface area contributed by atoms with E-state index >= 15 is 0 Å². The molecule has 0 unspecified atom stereocenters. The molecule has 0 spiro atoms. The van der Waals surface area contributed by atoms with Crippen molar-refractivity contribution in [3.63, 3.8) is 0 Å². The standard InChI is InChI=1S/C22H37NO2/c1-23-20-16-15-18-21(23)17-13-11-9-7-5-3-2-4-6-8-10-12-14-19-22(24)25/h15-16,18,20H,2-14,17,19H2,1H3. The first kappa shape index (κ1) is 21.7. The molecule has 25 heavy (non-hydrogen) atoms. The van der Waals surface area contributed by atoms with Crippen LogP contribution in [0, 0.1) is 0 Å². The predicted molar refractivity (Wildman–Crippen MR) is 101 cm³/mol. The molecule has 0 fully saturated rings. The molecule has 3 heteroatoms. The average Bonchev–Trinajstić information content (AvgIpc) is 2.59. The molecular formula is C22H37NO2. The van der Waals surface area contributed by atoms with Crippen molar-refractivity contribution in [3.8, 4) is 0 Å². The van der Waals surface area contributed by atoms with Crippen LogP contribution in [0.25, 0.3) is 0 Å². The van der Waals surface area contributed by atoms with Gasteiger partial charge < -0.3 is 9.90 Å². The molecule has 0 saturated heterocycles. The molecule has 0 radical (unpaired) electrons. The topological polar surface area (TPSA) is 44.0 Å². The van der Waals surface area contributed by atoms with Gasteiger partial charge in [-0.05, 0) is 19.3 Å². The molecule has 0 bridgehead atoms. The number of carboxylic acid groups (broad SMARTS) is 1. The number of unbranched alkanes of at least 4 members (excludes halogenated alkanes) is 12. The molecule has 0 aliphatic rings. The van der Waals surface area contributed by atoms with Gasteiger partial charge in [0.1, 0.15) is 7.05 Å². The van der Waals surface area contributed by atoms with Crippen LogP contribution in [-0.2, 0) is 18.3 Å². The van der Waals surface area contributed by atoms with Gasteiger partial charge in [0.2, 0.25) is 0 Å². The second-order valence-electron chi connectivity index (χ2n) is 7.27. The van der Waals surface area contributed by atoms with Crippen LogP contribution in [0.4, 0.5) is 0 Å². The normalized spacial score (nSPS) is 10.9. The number of hydrogen-bond acceptors (Lipinski definition) is 2. The maximum atomic E-state index is 10.3. The van der Waals surface area contributed by atoms with Crippen LogP contribution in [0.2, 0.25) is 0 Å². The molecule has 1 heterocycles. The van der Waals surface area contributed by atoms with Crippen molar-refractivity contribution in [2.45, 2.75) is 96.3 Å². The van der Waals surface area contributed by atoms with E-state index in [4.69, 9.17) is 0 Å². The smallest absolute Gasteiger partial charge is 0.181 e. The van der Waals surface area contributed by atoms with E-state index in [-0.39, 0.29) is 6.42 Å². The van der Waals surface area contributed by atoms with Crippen LogP contribution in [0.1, 0.15) is 95.6 Å². The highest BCUT2D eigenvalue weighted by Crippen LogP contribution is 2.13. The highest BCUT2D eigenvalue weighted by atomic mass is 16.4. The lowest BCUT2D eigenvalue weighted by Crippen LogP contribution is -2.32. The van der Waals surface area contributed by atoms with E-state index in [0.717, 1.165) is 12.8 Å². The van der Waals surface area contributed by atoms with Gasteiger partial charge in [-0.2, -0.15) is 0 Å². The highest BCUT2D eigenvalue weighted by Gasteiger charge is 2.03. The van der Waals surface area contributed by atoms with Gasteiger partial charge in [0.05, 0.1) is 0 Å². The lowest BCUT2D eigenvalue weighted by Gasteiger charge is -2.04. The molecule has 0 atom stereocenters. The van der Waals surface area contributed by atoms with Crippen molar-refractivity contribution in [2.75, 3.05) is 0 Å². The Hall–Kier alpha value is -1.38. The van der Waals surface area contributed by atoms with Crippen molar-refractivity contribution >= 4 is 5.97 Å². The second-order valence-corrected chi connectivity index (χ2v) is 7.27. The van der Waals surface area contributed by atoms with Crippen molar-refractivity contribution in [3.05, 3.63) is 30.1 Å². The number of aliphatic carboxylic acids is 1. The van der Waals surface area contributed by atoms with Crippen LogP contribution >= 0.6 is 0 Å². The third kappa shape index (κ3) is 12.6. The minimum atomic E-state index is -0.908. The molecular weight excluding hydrogens is 310 g/mol. The lowest BCUT2D eigenvalue weighted by molar-refractivity contribution is -0.679. The van der Waals surface area contributed by atoms with Crippen LogP contribution in [-0.4, -0.2) is 5.97 Å². The molecule has 1 aromatic heterocycles. The largest absolute Gasteiger partial charge is 0.550 e. The molecule has 0 aliphatic carbocycles. The zero-order chi connectivity index (χ0) is 18.2. The zero-order valence-electron chi connectivity index (χ0n) is 16.2. The van der Waals surface area contributed by atoms with Crippen molar-refractivity contribution in [1.82, 2.24) is 0 Å². The van der Waals surface area contributed by atoms with Gasteiger partial charge in [-0.1, -0.05) is 76.7 Å². The SMILES string of the molecule is C[n+]1ccccc1CCCCCCCCCCCCCCCC(=O)[O-]. The Labute approximate surface area is 154 Å². The minimum absolute atomic E-state index is 0.226. The average molecular weight is 348 g/mol. The molecule has 3 nitrogen and oxygen atoms in total. The Morgan fingerprint density at radius 2 is 1.28 bits per heavy atom. The van der Waals surface area contributed by atoms with Crippen molar-refractivity contribution in [1.29, 1.82) is 0 Å². The number of rotatable bonds is 16. The first-order chi connectivity index (χ1) is 12.2. The molecule has 0 amide bonds. The molecule has 0 N–H and O–H groups in total. The summed E-state index contributed by atoms with van der Waals surface area (Å²) in [5.41, 5.74) is 1.43. The second kappa shape index (κ2) is 14.9. The predicted octanol–water partition coefficient (Wildman–Crippen LogP) is 4.26. The monoisotopic (exact) mass is 347 g/mol. The van der Waals surface area contributed by atoms with Gasteiger partial charge >= 0.3 is 0 Å². The van der Waals surface area contributed by atoms with E-state index in [1.54, 1.807) is 0 Å². The highest BCUT2D eigenvalue weighted by molar-refractivity contribution is 5.63. The van der Waals surface area contributed by atoms with Gasteiger partial charge in [0.15, 0.2) is 11.9 Å². The van der Waals surface area contributed by atoms with Gasteiger partial charge in [-0.15, -0.1) is 0 Å². The summed E-state index contributed by atoms with van der Waals surface area (Å²) in [6, 6.07) is 6.44. The van der Waals surface area contributed by atoms with Crippen LogP contribution in [0.15, 0.2) is 24.4 Å². The third-order valence-corrected chi connectivity index (χ3v) is 4.98. The van der Waals surface area contributed by atoms with Crippen LogP contribution in [0.3, 0.4) is 0 Å². The van der Waals surface area contributed by atoms with E-state index in [9.17, 15) is 9.90 Å². The molecule has 1 rings (SSSR count). The summed E-state index contributed by atoms with van der Waals surface area (Å²) in [5.74, 6) is -0.908. The molecule has 0 saturated carbocycles. The number of carbonyl (C=O) groups excluding carboxylic acids is 1. The quantitative estimate of drug-likeness (QED) is 0.331. The summed E-state index contributed by atoms with van der Waals surface area (Å²) < 4.78 is 2.23. The number of carboxylic acids is 1. The zero-order valence-corrected chi connectivity index (χ0v) is 16.2. The summed E-state index contributed by atoms with van der Waals surface area (Å²) in [7, 11) is 2.13. The fourth-order valence-electron chi connectivity index (χ4n) is 3.34. The number of hydrogen-bond donors (Lipinski definition) is 0. The maximum absolute atomic E-state index is 10.3. The van der Waals surface area contributed by atoms with Crippen molar-refractivity contribution in [2.24, 2.45) is 7.05 Å². The minimum Gasteiger partial charge on any atom is -0.550 e. The van der Waals surface area contributed by atoms with Crippen LogP contribution in [0.5, 0.6) is 0 Å². The fourth-order valence-corrected chi connectivity index (χ4v) is 3.34. The Morgan fingerprint density at radius 1 is 0.800 bits per heavy atom. The van der Waals surface area contributed by atoms with Gasteiger partial charge in [-0.3, -0.25) is 0 Å². The first-order valence-corrected chi connectivity index (χ1v) is 10.3. The third-order valence-electron chi connectivity index (χ3n) is 4.98. The van der Waals surface area contributed by atoms with E-state index in [1.165, 1.54) is 82.7 Å². The molecule has 0 aliphatic heterocycles. The number of aromatic nitrogens is 1. The summed E-state index contributed by atoms with van der Waals surface area (Å²) >= 11 is 0. The summed E-state index contributed by atoms with van der Waals surface area (Å²) in [4.78, 5) is 10.3. The molecule has 142 valence electrons. The fraction of sp³-hybridized carbons (Fsp3) is 0.727. The van der Waals surface area contributed by atoms with Gasteiger partial charge in [-0.25, -0.2) is 4.57 Å². The lowest BCUT2D eigenvalue weighted by atomic mass is 10.0. The maximum Gasteiger partial charge on any atom is 0.181 e. The first-order valence-electron chi connectivity index (χ1n) is 10.3. The number of pyridine rings is 1. The molecule has 1 aromatic rings. The Balaban J connectivity index is 1.77. The Kier molecular flexibility index (Phi) is 12.9. The summed E-state index contributed by atoms with van der Waals surface area (Å²) in [5, 5.41) is 10.3. The van der Waals surface area contributed by atoms with Gasteiger partial charge in [0, 0.05) is 24.5 Å². The number of carbonyl (C=O) groups is 1. The van der Waals surface area contributed by atoms with E-state index < -0.39 is 5.97 Å². The Bertz CT molecular complexity index is 459. The van der Waals surface area contributed by atoms with Gasteiger partial charge in [0.25, 0.3) is 0 Å². The van der Waals surface area contributed by atoms with E-state index in [1.807, 2.05) is 0 Å². The van der Waals surface area contributed by atoms with E-state index in [2.05, 4.69) is 36.0 Å². The summed E-state index contributed by atoms with van der Waals surface area (Å²) in [6.07, 6.45) is 19.9. The van der Waals surface area contributed by atoms with Crippen molar-refractivity contribution < 1.29 is 14.5 Å². The summed E-state index contributed by atoms with van der Waals surface area (Å²) in [6.45, 7) is 0. The number of nitrogens with zero attached hydrogens (tertiary/aromatic N) is 1. The number of aryl methyl sites for hydroxylation is 2. The molecule has 0 aromatic carbocycles. The van der Waals surface area contributed by atoms with E-state index in [0.29, 0.717) is 0 Å². The van der Waals surface area contributed by atoms with Crippen LogP contribution < -0.4 is 9.67 Å². The Morgan fingerprint density at radius 3 is 1.76 bits per heavy atom.